The van der Waals surface area contributed by atoms with Gasteiger partial charge in [0.15, 0.2) is 5.96 Å². The van der Waals surface area contributed by atoms with Crippen LogP contribution < -0.4 is 5.73 Å². The molecule has 1 aromatic rings. The van der Waals surface area contributed by atoms with Crippen LogP contribution in [0.3, 0.4) is 0 Å². The largest absolute Gasteiger partial charge is 0.370 e. The highest BCUT2D eigenvalue weighted by molar-refractivity contribution is 7.09. The minimum absolute atomic E-state index is 0.132. The van der Waals surface area contributed by atoms with Crippen LogP contribution in [0.4, 0.5) is 0 Å². The Morgan fingerprint density at radius 1 is 1.71 bits per heavy atom. The van der Waals surface area contributed by atoms with Crippen molar-refractivity contribution >= 4 is 17.3 Å². The lowest BCUT2D eigenvalue weighted by molar-refractivity contribution is 0.234. The van der Waals surface area contributed by atoms with E-state index >= 15 is 0 Å². The van der Waals surface area contributed by atoms with E-state index in [1.807, 2.05) is 11.6 Å². The Kier molecular flexibility index (Phi) is 2.19. The van der Waals surface area contributed by atoms with E-state index in [0.29, 0.717) is 12.5 Å². The molecular weight excluding hydrogens is 196 g/mol. The summed E-state index contributed by atoms with van der Waals surface area (Å²) in [5, 5.41) is 3.08. The second kappa shape index (κ2) is 3.24. The number of aliphatic imine (C=N–C) groups is 1. The molecule has 0 radical (unpaired) electrons. The fraction of sp³-hybridized carbons (Fsp3) is 0.556. The van der Waals surface area contributed by atoms with Crippen LogP contribution in [0.15, 0.2) is 16.6 Å². The predicted octanol–water partition coefficient (Wildman–Crippen LogP) is 1.01. The van der Waals surface area contributed by atoms with Crippen molar-refractivity contribution in [2.45, 2.75) is 19.4 Å². The maximum Gasteiger partial charge on any atom is 0.192 e. The van der Waals surface area contributed by atoms with E-state index in [1.54, 1.807) is 11.3 Å². The molecule has 14 heavy (non-hydrogen) atoms. The molecule has 2 rings (SSSR count). The second-order valence-corrected chi connectivity index (χ2v) is 4.42. The highest BCUT2D eigenvalue weighted by Crippen LogP contribution is 2.33. The van der Waals surface area contributed by atoms with Gasteiger partial charge in [0, 0.05) is 18.1 Å². The lowest BCUT2D eigenvalue weighted by atomic mass is 10.0. The number of aromatic nitrogens is 1. The summed E-state index contributed by atoms with van der Waals surface area (Å²) < 4.78 is 0. The Bertz CT molecular complexity index is 346. The van der Waals surface area contributed by atoms with Crippen LogP contribution in [-0.2, 0) is 5.54 Å². The summed E-state index contributed by atoms with van der Waals surface area (Å²) in [6.07, 6.45) is 1.83. The molecule has 0 bridgehead atoms. The van der Waals surface area contributed by atoms with Gasteiger partial charge in [-0.15, -0.1) is 11.3 Å². The molecule has 5 heteroatoms. The minimum Gasteiger partial charge on any atom is -0.370 e. The Balaban J connectivity index is 2.34. The van der Waals surface area contributed by atoms with Crippen LogP contribution in [0.2, 0.25) is 0 Å². The van der Waals surface area contributed by atoms with Crippen LogP contribution in [0, 0.1) is 0 Å². The van der Waals surface area contributed by atoms with E-state index in [9.17, 15) is 0 Å². The number of hydrogen-bond acceptors (Lipinski definition) is 5. The summed E-state index contributed by atoms with van der Waals surface area (Å²) in [4.78, 5) is 10.7. The molecule has 2 heterocycles. The molecule has 0 aromatic carbocycles. The maximum atomic E-state index is 5.82. The first-order valence-electron chi connectivity index (χ1n) is 4.66. The van der Waals surface area contributed by atoms with Gasteiger partial charge in [-0.3, -0.25) is 4.99 Å². The third kappa shape index (κ3) is 1.19. The van der Waals surface area contributed by atoms with Gasteiger partial charge in [-0.25, -0.2) is 4.98 Å². The van der Waals surface area contributed by atoms with Gasteiger partial charge in [-0.2, -0.15) is 0 Å². The smallest absolute Gasteiger partial charge is 0.192 e. The average molecular weight is 210 g/mol. The van der Waals surface area contributed by atoms with Crippen LogP contribution in [0.5, 0.6) is 0 Å². The zero-order valence-corrected chi connectivity index (χ0v) is 9.21. The van der Waals surface area contributed by atoms with Gasteiger partial charge in [0.1, 0.15) is 10.5 Å². The molecule has 1 atom stereocenters. The number of guanidine groups is 1. The van der Waals surface area contributed by atoms with E-state index in [4.69, 9.17) is 5.73 Å². The maximum absolute atomic E-state index is 5.82. The van der Waals surface area contributed by atoms with Crippen molar-refractivity contribution < 1.29 is 0 Å². The number of likely N-dealkylation sites (N-methyl/N-ethyl adjacent to an activating group) is 1. The van der Waals surface area contributed by atoms with Crippen LogP contribution in [0.25, 0.3) is 0 Å². The van der Waals surface area contributed by atoms with Crippen LogP contribution in [-0.4, -0.2) is 28.9 Å². The summed E-state index contributed by atoms with van der Waals surface area (Å²) in [5.41, 5.74) is 5.69. The molecule has 76 valence electrons. The molecule has 1 aliphatic heterocycles. The lowest BCUT2D eigenvalue weighted by Crippen LogP contribution is -2.47. The molecule has 1 unspecified atom stereocenters. The zero-order valence-electron chi connectivity index (χ0n) is 8.40. The van der Waals surface area contributed by atoms with E-state index in [2.05, 4.69) is 28.7 Å². The monoisotopic (exact) mass is 210 g/mol. The first kappa shape index (κ1) is 9.45. The molecule has 0 spiro atoms. The Hall–Kier alpha value is -1.10. The van der Waals surface area contributed by atoms with Crippen LogP contribution in [0.1, 0.15) is 18.9 Å². The third-order valence-corrected chi connectivity index (χ3v) is 3.66. The minimum atomic E-state index is -0.132. The topological polar surface area (TPSA) is 54.5 Å². The molecule has 1 aromatic heterocycles. The molecule has 4 nitrogen and oxygen atoms in total. The molecule has 1 aliphatic rings. The van der Waals surface area contributed by atoms with E-state index in [0.717, 1.165) is 11.6 Å². The van der Waals surface area contributed by atoms with Crippen molar-refractivity contribution in [3.63, 3.8) is 0 Å². The van der Waals surface area contributed by atoms with E-state index in [1.165, 1.54) is 0 Å². The van der Waals surface area contributed by atoms with Crippen molar-refractivity contribution in [3.05, 3.63) is 16.6 Å². The summed E-state index contributed by atoms with van der Waals surface area (Å²) >= 11 is 1.66. The number of nitrogens with two attached hydrogens (primary N) is 1. The Morgan fingerprint density at radius 3 is 3.07 bits per heavy atom. The van der Waals surface area contributed by atoms with Crippen molar-refractivity contribution in [1.29, 1.82) is 0 Å². The first-order chi connectivity index (χ1) is 6.68. The highest BCUT2D eigenvalue weighted by atomic mass is 32.1. The molecule has 2 N–H and O–H groups in total. The normalized spacial score (nSPS) is 26.7. The SMILES string of the molecule is CCN1C(N)=NCC1(C)c1nccs1. The molecule has 0 saturated heterocycles. The summed E-state index contributed by atoms with van der Waals surface area (Å²) in [7, 11) is 0. The molecule has 0 saturated carbocycles. The number of rotatable bonds is 2. The molecule has 0 fully saturated rings. The van der Waals surface area contributed by atoms with Gasteiger partial charge in [0.25, 0.3) is 0 Å². The van der Waals surface area contributed by atoms with Gasteiger partial charge < -0.3 is 10.6 Å². The highest BCUT2D eigenvalue weighted by Gasteiger charge is 2.40. The third-order valence-electron chi connectivity index (χ3n) is 2.63. The standard InChI is InChI=1S/C9H14N4S/c1-3-13-8(10)12-6-9(13,2)7-11-4-5-14-7/h4-5H,3,6H2,1-2H3,(H2,10,12). The fourth-order valence-corrected chi connectivity index (χ4v) is 2.64. The van der Waals surface area contributed by atoms with Gasteiger partial charge in [0.05, 0.1) is 6.54 Å². The quantitative estimate of drug-likeness (QED) is 0.792. The van der Waals surface area contributed by atoms with E-state index < -0.39 is 0 Å². The Labute approximate surface area is 87.5 Å². The van der Waals surface area contributed by atoms with Crippen molar-refractivity contribution in [3.8, 4) is 0 Å². The van der Waals surface area contributed by atoms with Gasteiger partial charge >= 0.3 is 0 Å². The Morgan fingerprint density at radius 2 is 2.50 bits per heavy atom. The number of thiazole rings is 1. The van der Waals surface area contributed by atoms with Crippen molar-refractivity contribution in [2.24, 2.45) is 10.7 Å². The first-order valence-corrected chi connectivity index (χ1v) is 5.54. The average Bonchev–Trinajstić information content (AvgIpc) is 2.75. The lowest BCUT2D eigenvalue weighted by Gasteiger charge is -2.33. The second-order valence-electron chi connectivity index (χ2n) is 3.53. The van der Waals surface area contributed by atoms with E-state index in [-0.39, 0.29) is 5.54 Å². The molecule has 0 aliphatic carbocycles. The van der Waals surface area contributed by atoms with Gasteiger partial charge in [0.2, 0.25) is 0 Å². The zero-order chi connectivity index (χ0) is 10.2. The van der Waals surface area contributed by atoms with Gasteiger partial charge in [-0.05, 0) is 13.8 Å². The number of hydrogen-bond donors (Lipinski definition) is 1. The number of nitrogens with zero attached hydrogens (tertiary/aromatic N) is 3. The summed E-state index contributed by atoms with van der Waals surface area (Å²) in [5.74, 6) is 0.630. The molecular formula is C9H14N4S. The van der Waals surface area contributed by atoms with Gasteiger partial charge in [-0.1, -0.05) is 0 Å². The van der Waals surface area contributed by atoms with Crippen molar-refractivity contribution in [2.75, 3.05) is 13.1 Å². The molecule has 0 amide bonds. The van der Waals surface area contributed by atoms with Crippen molar-refractivity contribution in [1.82, 2.24) is 9.88 Å². The summed E-state index contributed by atoms with van der Waals surface area (Å²) in [6.45, 7) is 5.80. The summed E-state index contributed by atoms with van der Waals surface area (Å²) in [6, 6.07) is 0. The predicted molar refractivity (Wildman–Crippen MR) is 58.3 cm³/mol. The van der Waals surface area contributed by atoms with Crippen LogP contribution >= 0.6 is 11.3 Å². The fourth-order valence-electron chi connectivity index (χ4n) is 1.84.